The molecule has 0 spiro atoms. The number of rotatable bonds is 9. The van der Waals surface area contributed by atoms with Crippen molar-refractivity contribution in [3.05, 3.63) is 51.0 Å². The molecule has 1 fully saturated rings. The standard InChI is InChI=1S/C22H22N6O9S2/c1-22(2,20(35)36)37-26-13(10-8-39-21(23)24-10)16(31)25-14-17(32)28-15(19(33)34)9(7-38-18(14)28)5-27-4-3-11(29)12(30)6-27/h3-4,6,8,14,18,30H,5,7H2,1-2H3,(H2,23,24)(H,25,31)(H,33,34)(H,35,36)/b26-13-/t14-,18-/m1/s1. The summed E-state index contributed by atoms with van der Waals surface area (Å²) in [6, 6.07) is 0.00905. The lowest BCUT2D eigenvalue weighted by atomic mass is 10.0. The largest absolute Gasteiger partial charge is 0.503 e. The number of carboxylic acid groups (broad SMARTS) is 2. The summed E-state index contributed by atoms with van der Waals surface area (Å²) in [5.74, 6) is -4.63. The minimum Gasteiger partial charge on any atom is -0.503 e. The van der Waals surface area contributed by atoms with Crippen molar-refractivity contribution in [3.8, 4) is 5.75 Å². The van der Waals surface area contributed by atoms with Crippen LogP contribution in [0.2, 0.25) is 0 Å². The van der Waals surface area contributed by atoms with Gasteiger partial charge < -0.3 is 35.8 Å². The van der Waals surface area contributed by atoms with E-state index < -0.39 is 57.7 Å². The molecule has 1 saturated heterocycles. The SMILES string of the molecule is CC(C)(O/N=C(\C(=O)N[C@@H]1C(=O)N2C(C(=O)O)=C(Cn3ccc(=O)c(O)c3)CS[C@H]12)c1csc(N)n1)C(=O)O. The van der Waals surface area contributed by atoms with Gasteiger partial charge in [-0.2, -0.15) is 0 Å². The van der Waals surface area contributed by atoms with Crippen molar-refractivity contribution in [2.24, 2.45) is 5.16 Å². The Kier molecular flexibility index (Phi) is 7.38. The fourth-order valence-corrected chi connectivity index (χ4v) is 5.53. The van der Waals surface area contributed by atoms with E-state index in [1.54, 1.807) is 0 Å². The van der Waals surface area contributed by atoms with Gasteiger partial charge in [0.15, 0.2) is 16.6 Å². The summed E-state index contributed by atoms with van der Waals surface area (Å²) in [4.78, 5) is 71.2. The van der Waals surface area contributed by atoms with Crippen molar-refractivity contribution >= 4 is 57.7 Å². The molecular formula is C22H22N6O9S2. The molecule has 4 heterocycles. The number of nitrogens with zero attached hydrogens (tertiary/aromatic N) is 4. The van der Waals surface area contributed by atoms with Gasteiger partial charge in [0.1, 0.15) is 22.8 Å². The maximum absolute atomic E-state index is 13.1. The molecule has 2 amide bonds. The van der Waals surface area contributed by atoms with E-state index in [2.05, 4.69) is 15.5 Å². The molecule has 2 aliphatic heterocycles. The van der Waals surface area contributed by atoms with Gasteiger partial charge in [-0.1, -0.05) is 5.16 Å². The summed E-state index contributed by atoms with van der Waals surface area (Å²) in [5, 5.41) is 35.8. The highest BCUT2D eigenvalue weighted by Gasteiger charge is 2.54. The van der Waals surface area contributed by atoms with E-state index >= 15 is 0 Å². The molecule has 206 valence electrons. The zero-order valence-corrected chi connectivity index (χ0v) is 22.0. The number of β-lactam (4-membered cyclic amide) rings is 1. The molecule has 2 aromatic rings. The Morgan fingerprint density at radius 2 is 2.03 bits per heavy atom. The number of hydrogen-bond acceptors (Lipinski definition) is 12. The van der Waals surface area contributed by atoms with Crippen molar-refractivity contribution in [2.75, 3.05) is 11.5 Å². The minimum absolute atomic E-state index is 0.00520. The Morgan fingerprint density at radius 1 is 1.31 bits per heavy atom. The van der Waals surface area contributed by atoms with Crippen molar-refractivity contribution < 1.29 is 39.3 Å². The van der Waals surface area contributed by atoms with Crippen LogP contribution in [0.3, 0.4) is 0 Å². The number of nitrogen functional groups attached to an aromatic ring is 1. The number of carbonyl (C=O) groups is 4. The van der Waals surface area contributed by atoms with Crippen LogP contribution in [0.4, 0.5) is 5.13 Å². The van der Waals surface area contributed by atoms with Gasteiger partial charge in [0.2, 0.25) is 11.0 Å². The lowest BCUT2D eigenvalue weighted by molar-refractivity contribution is -0.161. The summed E-state index contributed by atoms with van der Waals surface area (Å²) in [6.45, 7) is 2.44. The fraction of sp³-hybridized carbons (Fsp3) is 0.318. The lowest BCUT2D eigenvalue weighted by Crippen LogP contribution is -2.71. The van der Waals surface area contributed by atoms with E-state index in [0.717, 1.165) is 28.5 Å². The summed E-state index contributed by atoms with van der Waals surface area (Å²) in [7, 11) is 0. The molecular weight excluding hydrogens is 556 g/mol. The van der Waals surface area contributed by atoms with Crippen molar-refractivity contribution in [2.45, 2.75) is 37.4 Å². The topological polar surface area (TPSA) is 227 Å². The van der Waals surface area contributed by atoms with E-state index in [1.807, 2.05) is 0 Å². The average Bonchev–Trinajstić information content (AvgIpc) is 3.29. The van der Waals surface area contributed by atoms with Gasteiger partial charge in [0, 0.05) is 29.9 Å². The molecule has 0 bridgehead atoms. The Bertz CT molecular complexity index is 1490. The third kappa shape index (κ3) is 5.44. The zero-order valence-electron chi connectivity index (χ0n) is 20.4. The summed E-state index contributed by atoms with van der Waals surface area (Å²) >= 11 is 2.21. The van der Waals surface area contributed by atoms with E-state index in [9.17, 15) is 39.3 Å². The van der Waals surface area contributed by atoms with E-state index in [-0.39, 0.29) is 28.8 Å². The predicted octanol–water partition coefficient (Wildman–Crippen LogP) is -0.385. The number of carbonyl (C=O) groups excluding carboxylic acids is 2. The van der Waals surface area contributed by atoms with Gasteiger partial charge >= 0.3 is 11.9 Å². The molecule has 17 heteroatoms. The van der Waals surface area contributed by atoms with Gasteiger partial charge in [0.25, 0.3) is 11.8 Å². The number of aromatic nitrogens is 2. The highest BCUT2D eigenvalue weighted by atomic mass is 32.2. The highest BCUT2D eigenvalue weighted by Crippen LogP contribution is 2.40. The second-order valence-electron chi connectivity index (χ2n) is 8.90. The van der Waals surface area contributed by atoms with Gasteiger partial charge in [-0.25, -0.2) is 14.6 Å². The first-order valence-corrected chi connectivity index (χ1v) is 13.0. The van der Waals surface area contributed by atoms with Crippen LogP contribution in [0.15, 0.2) is 45.1 Å². The molecule has 0 radical (unpaired) electrons. The molecule has 0 unspecified atom stereocenters. The maximum atomic E-state index is 13.1. The van der Waals surface area contributed by atoms with Crippen LogP contribution >= 0.6 is 23.1 Å². The van der Waals surface area contributed by atoms with Crippen LogP contribution < -0.4 is 16.5 Å². The van der Waals surface area contributed by atoms with Crippen molar-refractivity contribution in [1.82, 2.24) is 19.8 Å². The first-order valence-electron chi connectivity index (χ1n) is 11.1. The molecule has 6 N–H and O–H groups in total. The van der Waals surface area contributed by atoms with Crippen LogP contribution in [0.25, 0.3) is 0 Å². The number of nitrogens with two attached hydrogens (primary N) is 1. The second kappa shape index (κ2) is 10.4. The number of thiazole rings is 1. The van der Waals surface area contributed by atoms with Crippen molar-refractivity contribution in [1.29, 1.82) is 0 Å². The van der Waals surface area contributed by atoms with Gasteiger partial charge in [-0.05, 0) is 19.4 Å². The van der Waals surface area contributed by atoms with Gasteiger partial charge in [-0.3, -0.25) is 19.3 Å². The van der Waals surface area contributed by atoms with E-state index in [0.29, 0.717) is 5.57 Å². The second-order valence-corrected chi connectivity index (χ2v) is 10.9. The van der Waals surface area contributed by atoms with Crippen molar-refractivity contribution in [3.63, 3.8) is 0 Å². The normalized spacial score (nSPS) is 19.3. The number of amides is 2. The first kappa shape index (κ1) is 27.6. The van der Waals surface area contributed by atoms with Crippen LogP contribution in [0.1, 0.15) is 19.5 Å². The smallest absolute Gasteiger partial charge is 0.352 e. The molecule has 0 saturated carbocycles. The number of pyridine rings is 1. The average molecular weight is 579 g/mol. The van der Waals surface area contributed by atoms with Gasteiger partial charge in [-0.15, -0.1) is 23.1 Å². The molecule has 0 aromatic carbocycles. The predicted molar refractivity (Wildman–Crippen MR) is 138 cm³/mol. The Balaban J connectivity index is 1.56. The Labute approximate surface area is 227 Å². The number of nitrogens with one attached hydrogen (secondary N) is 1. The molecule has 4 rings (SSSR count). The maximum Gasteiger partial charge on any atom is 0.352 e. The lowest BCUT2D eigenvalue weighted by Gasteiger charge is -2.49. The molecule has 2 atom stereocenters. The van der Waals surface area contributed by atoms with Crippen LogP contribution in [-0.2, 0) is 30.6 Å². The van der Waals surface area contributed by atoms with E-state index in [1.165, 1.54) is 41.8 Å². The van der Waals surface area contributed by atoms with Gasteiger partial charge in [0.05, 0.1) is 6.20 Å². The molecule has 2 aliphatic rings. The van der Waals surface area contributed by atoms with Crippen LogP contribution in [0.5, 0.6) is 5.75 Å². The third-order valence-electron chi connectivity index (χ3n) is 5.73. The fourth-order valence-electron chi connectivity index (χ4n) is 3.65. The molecule has 15 nitrogen and oxygen atoms in total. The number of oxime groups is 1. The number of aliphatic carboxylic acids is 2. The quantitative estimate of drug-likeness (QED) is 0.146. The molecule has 39 heavy (non-hydrogen) atoms. The summed E-state index contributed by atoms with van der Waals surface area (Å²) < 4.78 is 1.42. The first-order chi connectivity index (χ1) is 18.3. The number of aromatic hydroxyl groups is 1. The number of carboxylic acids is 2. The molecule has 0 aliphatic carbocycles. The molecule has 2 aromatic heterocycles. The minimum atomic E-state index is -1.78. The number of hydrogen-bond donors (Lipinski definition) is 5. The number of fused-ring (bicyclic) bond motifs is 1. The highest BCUT2D eigenvalue weighted by molar-refractivity contribution is 8.00. The number of anilines is 1. The van der Waals surface area contributed by atoms with Crippen LogP contribution in [-0.4, -0.2) is 82.0 Å². The zero-order chi connectivity index (χ0) is 28.6. The Morgan fingerprint density at radius 3 is 2.62 bits per heavy atom. The monoisotopic (exact) mass is 578 g/mol. The third-order valence-corrected chi connectivity index (χ3v) is 7.74. The van der Waals surface area contributed by atoms with E-state index in [4.69, 9.17) is 10.6 Å². The van der Waals surface area contributed by atoms with Crippen LogP contribution in [0, 0.1) is 0 Å². The summed E-state index contributed by atoms with van der Waals surface area (Å²) in [5.41, 5.74) is 2.95. The Hall–Kier alpha value is -4.38. The number of thioether (sulfide) groups is 1. The summed E-state index contributed by atoms with van der Waals surface area (Å²) in [6.07, 6.45) is 2.54.